The van der Waals surface area contributed by atoms with Gasteiger partial charge in [-0.15, -0.1) is 0 Å². The maximum Gasteiger partial charge on any atom is 0.488 e. The van der Waals surface area contributed by atoms with Crippen LogP contribution in [0.2, 0.25) is 0 Å². The molecule has 0 amide bonds. The fourth-order valence-electron chi connectivity index (χ4n) is 2.12. The molecule has 1 aliphatic heterocycles. The highest BCUT2D eigenvalue weighted by Gasteiger charge is 2.18. The van der Waals surface area contributed by atoms with Crippen molar-refractivity contribution in [1.82, 2.24) is 9.80 Å². The van der Waals surface area contributed by atoms with Gasteiger partial charge in [0.05, 0.1) is 0 Å². The van der Waals surface area contributed by atoms with Crippen LogP contribution in [0.25, 0.3) is 0 Å². The molecule has 0 unspecified atom stereocenters. The second kappa shape index (κ2) is 5.80. The molecule has 0 atom stereocenters. The third-order valence-corrected chi connectivity index (χ3v) is 3.36. The van der Waals surface area contributed by atoms with Gasteiger partial charge < -0.3 is 14.9 Å². The van der Waals surface area contributed by atoms with Gasteiger partial charge in [0.25, 0.3) is 0 Å². The summed E-state index contributed by atoms with van der Waals surface area (Å²) in [7, 11) is 0.526. The molecular formula is C12H18BFN2O2. The number of hydrogen-bond acceptors (Lipinski definition) is 4. The van der Waals surface area contributed by atoms with E-state index in [0.29, 0.717) is 17.6 Å². The lowest BCUT2D eigenvalue weighted by Gasteiger charge is -2.32. The van der Waals surface area contributed by atoms with Crippen LogP contribution < -0.4 is 5.46 Å². The summed E-state index contributed by atoms with van der Waals surface area (Å²) in [6.07, 6.45) is 0. The van der Waals surface area contributed by atoms with Gasteiger partial charge in [-0.3, -0.25) is 4.90 Å². The van der Waals surface area contributed by atoms with Crippen LogP contribution in [0.1, 0.15) is 5.56 Å². The minimum absolute atomic E-state index is 0.293. The van der Waals surface area contributed by atoms with Gasteiger partial charge in [0, 0.05) is 38.3 Å². The summed E-state index contributed by atoms with van der Waals surface area (Å²) in [4.78, 5) is 4.41. The Morgan fingerprint density at radius 3 is 2.50 bits per heavy atom. The van der Waals surface area contributed by atoms with Crippen molar-refractivity contribution in [1.29, 1.82) is 0 Å². The third-order valence-electron chi connectivity index (χ3n) is 3.36. The van der Waals surface area contributed by atoms with E-state index in [1.807, 2.05) is 0 Å². The molecule has 1 heterocycles. The van der Waals surface area contributed by atoms with E-state index in [0.717, 1.165) is 26.2 Å². The van der Waals surface area contributed by atoms with Crippen LogP contribution in [-0.2, 0) is 6.54 Å². The monoisotopic (exact) mass is 252 g/mol. The maximum absolute atomic E-state index is 13.7. The zero-order valence-electron chi connectivity index (χ0n) is 10.5. The molecule has 4 nitrogen and oxygen atoms in total. The van der Waals surface area contributed by atoms with Crippen molar-refractivity contribution in [3.8, 4) is 0 Å². The van der Waals surface area contributed by atoms with Crippen LogP contribution in [0.15, 0.2) is 18.2 Å². The van der Waals surface area contributed by atoms with Crippen molar-refractivity contribution in [2.75, 3.05) is 33.2 Å². The SMILES string of the molecule is CN1CCN(Cc2cc(B(O)O)ccc2F)CC1. The number of hydrogen-bond donors (Lipinski definition) is 2. The highest BCUT2D eigenvalue weighted by molar-refractivity contribution is 6.58. The number of nitrogens with zero attached hydrogens (tertiary/aromatic N) is 2. The van der Waals surface area contributed by atoms with Crippen LogP contribution in [0, 0.1) is 5.82 Å². The van der Waals surface area contributed by atoms with Crippen LogP contribution >= 0.6 is 0 Å². The topological polar surface area (TPSA) is 46.9 Å². The summed E-state index contributed by atoms with van der Waals surface area (Å²) < 4.78 is 13.7. The summed E-state index contributed by atoms with van der Waals surface area (Å²) in [5.74, 6) is -0.293. The van der Waals surface area contributed by atoms with Crippen LogP contribution in [0.3, 0.4) is 0 Å². The second-order valence-corrected chi connectivity index (χ2v) is 4.80. The molecule has 1 aromatic rings. The Hall–Kier alpha value is -0.945. The van der Waals surface area contributed by atoms with Gasteiger partial charge in [0.1, 0.15) is 5.82 Å². The average Bonchev–Trinajstić information content (AvgIpc) is 2.34. The van der Waals surface area contributed by atoms with Crippen molar-refractivity contribution >= 4 is 12.6 Å². The molecule has 1 fully saturated rings. The molecule has 1 saturated heterocycles. The Kier molecular flexibility index (Phi) is 4.34. The number of piperazine rings is 1. The smallest absolute Gasteiger partial charge is 0.423 e. The largest absolute Gasteiger partial charge is 0.488 e. The Morgan fingerprint density at radius 1 is 1.22 bits per heavy atom. The van der Waals surface area contributed by atoms with Crippen LogP contribution in [0.4, 0.5) is 4.39 Å². The highest BCUT2D eigenvalue weighted by Crippen LogP contribution is 2.11. The lowest BCUT2D eigenvalue weighted by molar-refractivity contribution is 0.147. The van der Waals surface area contributed by atoms with Crippen molar-refractivity contribution in [3.63, 3.8) is 0 Å². The Morgan fingerprint density at radius 2 is 1.89 bits per heavy atom. The summed E-state index contributed by atoms with van der Waals surface area (Å²) in [6, 6.07) is 4.21. The first-order valence-corrected chi connectivity index (χ1v) is 6.11. The van der Waals surface area contributed by atoms with E-state index in [2.05, 4.69) is 16.8 Å². The van der Waals surface area contributed by atoms with E-state index >= 15 is 0 Å². The Labute approximate surface area is 107 Å². The van der Waals surface area contributed by atoms with E-state index < -0.39 is 7.12 Å². The average molecular weight is 252 g/mol. The molecule has 0 saturated carbocycles. The molecule has 0 spiro atoms. The van der Waals surface area contributed by atoms with Gasteiger partial charge in [-0.2, -0.15) is 0 Å². The summed E-state index contributed by atoms with van der Waals surface area (Å²) in [5, 5.41) is 18.2. The van der Waals surface area contributed by atoms with E-state index in [9.17, 15) is 4.39 Å². The molecule has 18 heavy (non-hydrogen) atoms. The molecule has 6 heteroatoms. The summed E-state index contributed by atoms with van der Waals surface area (Å²) in [5.41, 5.74) is 0.852. The van der Waals surface area contributed by atoms with E-state index in [4.69, 9.17) is 10.0 Å². The number of benzene rings is 1. The van der Waals surface area contributed by atoms with Gasteiger partial charge in [0.15, 0.2) is 0 Å². The molecule has 0 aliphatic carbocycles. The van der Waals surface area contributed by atoms with Crippen molar-refractivity contribution in [2.45, 2.75) is 6.54 Å². The number of halogens is 1. The fraction of sp³-hybridized carbons (Fsp3) is 0.500. The quantitative estimate of drug-likeness (QED) is 0.695. The normalized spacial score (nSPS) is 18.0. The van der Waals surface area contributed by atoms with Gasteiger partial charge in [0.2, 0.25) is 0 Å². The third kappa shape index (κ3) is 3.29. The summed E-state index contributed by atoms with van der Waals surface area (Å²) in [6.45, 7) is 4.28. The van der Waals surface area contributed by atoms with Gasteiger partial charge in [-0.05, 0) is 18.6 Å². The van der Waals surface area contributed by atoms with Crippen LogP contribution in [0.5, 0.6) is 0 Å². The van der Waals surface area contributed by atoms with Gasteiger partial charge in [-0.25, -0.2) is 4.39 Å². The van der Waals surface area contributed by atoms with E-state index in [1.54, 1.807) is 0 Å². The van der Waals surface area contributed by atoms with Crippen molar-refractivity contribution in [3.05, 3.63) is 29.6 Å². The zero-order valence-corrected chi connectivity index (χ0v) is 10.5. The second-order valence-electron chi connectivity index (χ2n) is 4.80. The molecule has 1 aromatic carbocycles. The first-order valence-electron chi connectivity index (χ1n) is 6.11. The van der Waals surface area contributed by atoms with Crippen molar-refractivity contribution in [2.24, 2.45) is 0 Å². The molecule has 2 N–H and O–H groups in total. The minimum Gasteiger partial charge on any atom is -0.423 e. The highest BCUT2D eigenvalue weighted by atomic mass is 19.1. The van der Waals surface area contributed by atoms with Crippen molar-refractivity contribution < 1.29 is 14.4 Å². The first-order chi connectivity index (χ1) is 8.56. The van der Waals surface area contributed by atoms with E-state index in [1.165, 1.54) is 18.2 Å². The van der Waals surface area contributed by atoms with Gasteiger partial charge >= 0.3 is 7.12 Å². The zero-order chi connectivity index (χ0) is 13.1. The number of rotatable bonds is 3. The Balaban J connectivity index is 2.06. The first kappa shape index (κ1) is 13.5. The number of likely N-dealkylation sites (N-methyl/N-ethyl adjacent to an activating group) is 1. The fourth-order valence-corrected chi connectivity index (χ4v) is 2.12. The molecule has 98 valence electrons. The molecule has 2 rings (SSSR count). The molecule has 0 bridgehead atoms. The minimum atomic E-state index is -1.54. The molecule has 1 aliphatic rings. The molecular weight excluding hydrogens is 234 g/mol. The lowest BCUT2D eigenvalue weighted by atomic mass is 9.79. The molecule has 0 aromatic heterocycles. The predicted octanol–water partition coefficient (Wildman–Crippen LogP) is -0.747. The predicted molar refractivity (Wildman–Crippen MR) is 69.0 cm³/mol. The maximum atomic E-state index is 13.7. The van der Waals surface area contributed by atoms with Gasteiger partial charge in [-0.1, -0.05) is 12.1 Å². The van der Waals surface area contributed by atoms with Crippen LogP contribution in [-0.4, -0.2) is 60.2 Å². The Bertz CT molecular complexity index is 409. The van der Waals surface area contributed by atoms with E-state index in [-0.39, 0.29) is 5.82 Å². The summed E-state index contributed by atoms with van der Waals surface area (Å²) >= 11 is 0. The molecule has 0 radical (unpaired) electrons. The lowest BCUT2D eigenvalue weighted by Crippen LogP contribution is -2.44. The standard InChI is InChI=1S/C12H18BFN2O2/c1-15-4-6-16(7-5-15)9-10-8-11(13(17)18)2-3-12(10)14/h2-3,8,17-18H,4-7,9H2,1H3.